The van der Waals surface area contributed by atoms with E-state index in [0.717, 1.165) is 25.7 Å². The Bertz CT molecular complexity index is 4010. The van der Waals surface area contributed by atoms with E-state index in [-0.39, 0.29) is 30.2 Å². The van der Waals surface area contributed by atoms with Crippen LogP contribution < -0.4 is 24.8 Å². The fraction of sp³-hybridized carbons (Fsp3) is 0.125. The minimum absolute atomic E-state index is 0. The van der Waals surface area contributed by atoms with Crippen molar-refractivity contribution in [2.24, 2.45) is 0 Å². The molecule has 14 aromatic carbocycles. The van der Waals surface area contributed by atoms with Gasteiger partial charge in [-0.05, 0) is 103 Å². The molecule has 0 saturated heterocycles. The number of halogens is 2. The topological polar surface area (TPSA) is 0 Å². The van der Waals surface area contributed by atoms with Crippen LogP contribution in [0.5, 0.6) is 0 Å². The summed E-state index contributed by atoms with van der Waals surface area (Å²) in [6.07, 6.45) is 4.33. The van der Waals surface area contributed by atoms with Gasteiger partial charge in [-0.15, -0.1) is 44.8 Å². The second kappa shape index (κ2) is 27.5. The summed E-state index contributed by atoms with van der Waals surface area (Å²) < 4.78 is 0. The molecule has 0 aromatic heterocycles. The molecule has 14 aromatic rings. The third kappa shape index (κ3) is 12.7. The van der Waals surface area contributed by atoms with Crippen LogP contribution >= 0.6 is 0 Å². The summed E-state index contributed by atoms with van der Waals surface area (Å²) in [7, 11) is 0. The van der Waals surface area contributed by atoms with Crippen molar-refractivity contribution in [1.29, 1.82) is 0 Å². The molecule has 0 N–H and O–H groups in total. The van der Waals surface area contributed by atoms with Gasteiger partial charge >= 0.3 is 41.9 Å². The Hall–Kier alpha value is -7.42. The quantitative estimate of drug-likeness (QED) is 0.0845. The van der Waals surface area contributed by atoms with Crippen molar-refractivity contribution in [1.82, 2.24) is 0 Å². The molecule has 0 heterocycles. The number of rotatable bonds is 12. The predicted octanol–water partition coefficient (Wildman–Crippen LogP) is 16.7. The van der Waals surface area contributed by atoms with E-state index < -0.39 is 0 Å². The number of hydrogen-bond donors (Lipinski definition) is 0. The minimum Gasteiger partial charge on any atom is -1.00 e. The van der Waals surface area contributed by atoms with Crippen molar-refractivity contribution in [3.8, 4) is 44.5 Å². The first-order valence-electron chi connectivity index (χ1n) is 29.3. The van der Waals surface area contributed by atoms with Crippen molar-refractivity contribution in [2.75, 3.05) is 0 Å². The van der Waals surface area contributed by atoms with Gasteiger partial charge in [0, 0.05) is 0 Å². The summed E-state index contributed by atoms with van der Waals surface area (Å²) in [5.41, 5.74) is 16.3. The Morgan fingerprint density at radius 1 is 0.310 bits per heavy atom. The molecular formula is C80H68Cl2SiZr-2. The van der Waals surface area contributed by atoms with Crippen molar-refractivity contribution in [3.05, 3.63) is 301 Å². The summed E-state index contributed by atoms with van der Waals surface area (Å²) in [5.74, 6) is 1.01. The maximum absolute atomic E-state index is 2.46. The van der Waals surface area contributed by atoms with E-state index in [1.807, 2.05) is 0 Å². The first-order chi connectivity index (χ1) is 40.3. The Labute approximate surface area is 524 Å². The smallest absolute Gasteiger partial charge is 1.00 e. The zero-order chi connectivity index (χ0) is 55.9. The molecule has 412 valence electrons. The zero-order valence-electron chi connectivity index (χ0n) is 48.3. The molecule has 2 atom stereocenters. The van der Waals surface area contributed by atoms with E-state index >= 15 is 0 Å². The molecule has 0 bridgehead atoms. The van der Waals surface area contributed by atoms with Crippen LogP contribution in [-0.4, -0.2) is 5.43 Å². The second-order valence-electron chi connectivity index (χ2n) is 22.3. The molecule has 0 aliphatic rings. The molecule has 4 heteroatoms. The number of benzene rings is 12. The van der Waals surface area contributed by atoms with Crippen LogP contribution in [0, 0.1) is 0 Å². The van der Waals surface area contributed by atoms with E-state index in [2.05, 4.69) is 306 Å². The van der Waals surface area contributed by atoms with Crippen LogP contribution in [0.4, 0.5) is 0 Å². The van der Waals surface area contributed by atoms with Crippen molar-refractivity contribution in [3.63, 3.8) is 0 Å². The Morgan fingerprint density at radius 2 is 0.560 bits per heavy atom. The molecule has 2 unspecified atom stereocenters. The second-order valence-corrected chi connectivity index (χ2v) is 31.6. The summed E-state index contributed by atoms with van der Waals surface area (Å²) in [5, 5.41) is 15.7. The largest absolute Gasteiger partial charge is 1.00 e. The third-order valence-corrected chi connectivity index (χ3v) is 16.7. The van der Waals surface area contributed by atoms with Crippen molar-refractivity contribution < 1.29 is 48.1 Å². The van der Waals surface area contributed by atoms with E-state index in [4.69, 9.17) is 0 Å². The Kier molecular flexibility index (Phi) is 19.6. The van der Waals surface area contributed by atoms with E-state index in [0.29, 0.717) is 11.8 Å². The zero-order valence-corrected chi connectivity index (χ0v) is 53.3. The van der Waals surface area contributed by atoms with Crippen molar-refractivity contribution >= 4 is 70.1 Å². The van der Waals surface area contributed by atoms with Crippen molar-refractivity contribution in [2.45, 2.75) is 64.5 Å². The van der Waals surface area contributed by atoms with E-state index in [9.17, 15) is 0 Å². The standard InChI is InChI=1S/2C39H31.C2H6Si.2ClH.Zr/c2*1-2-28(29-12-4-3-5-13-29)24-27-25-38-36(34-20-10-16-30-14-6-8-18-32(30)34)22-23-37(39(38)26-27)35-21-11-17-31-15-7-9-19-33(31)35;1-3-2;;;/h2*3-23,25-26,28H,2,24H2,1H3;1-2H3;2*1H;/q2*-1;;;;+2/p-2. The first kappa shape index (κ1) is 59.7. The molecule has 0 amide bonds. The maximum atomic E-state index is 2.46. The molecule has 0 fully saturated rings. The van der Waals surface area contributed by atoms with Crippen LogP contribution in [0.2, 0.25) is 13.1 Å². The number of hydrogen-bond acceptors (Lipinski definition) is 0. The van der Waals surface area contributed by atoms with Gasteiger partial charge in [-0.3, -0.25) is 0 Å². The molecule has 0 aliphatic heterocycles. The van der Waals surface area contributed by atoms with Gasteiger partial charge in [0.15, 0.2) is 0 Å². The maximum Gasteiger partial charge on any atom is -1.00 e. The number of fused-ring (bicyclic) bond motifs is 6. The average Bonchev–Trinajstić information content (AvgIpc) is 3.14. The molecule has 84 heavy (non-hydrogen) atoms. The Morgan fingerprint density at radius 3 is 0.869 bits per heavy atom. The molecule has 14 rings (SSSR count). The molecule has 0 saturated carbocycles. The van der Waals surface area contributed by atoms with Gasteiger partial charge in [-0.1, -0.05) is 302 Å². The van der Waals surface area contributed by atoms with E-state index in [1.54, 1.807) is 23.3 Å². The summed E-state index contributed by atoms with van der Waals surface area (Å²) in [6.45, 7) is 9.23. The summed E-state index contributed by atoms with van der Waals surface area (Å²) in [6, 6.07) is 103. The molecule has 0 nitrogen and oxygen atoms in total. The van der Waals surface area contributed by atoms with Gasteiger partial charge in [0.05, 0.1) is 0 Å². The normalized spacial score (nSPS) is 11.8. The molecule has 0 spiro atoms. The average molecular weight is 1220 g/mol. The molecule has 0 radical (unpaired) electrons. The predicted molar refractivity (Wildman–Crippen MR) is 355 cm³/mol. The van der Waals surface area contributed by atoms with Gasteiger partial charge in [-0.25, -0.2) is 0 Å². The van der Waals surface area contributed by atoms with E-state index in [1.165, 1.54) is 131 Å². The van der Waals surface area contributed by atoms with Crippen LogP contribution in [-0.2, 0) is 36.2 Å². The monoisotopic (exact) mass is 1220 g/mol. The van der Waals surface area contributed by atoms with Gasteiger partial charge in [-0.2, -0.15) is 12.1 Å². The van der Waals surface area contributed by atoms with Crippen LogP contribution in [0.15, 0.2) is 279 Å². The van der Waals surface area contributed by atoms with Crippen LogP contribution in [0.25, 0.3) is 109 Å². The van der Waals surface area contributed by atoms with Gasteiger partial charge in [0.2, 0.25) is 0 Å². The molecule has 0 aliphatic carbocycles. The first-order valence-corrected chi connectivity index (χ1v) is 35.5. The van der Waals surface area contributed by atoms with Crippen LogP contribution in [0.1, 0.15) is 60.8 Å². The SMILES string of the molecule is CCC(Cc1cc2c(-c3cccc4ccccc34)ccc(-c3cccc4ccccc34)c2[cH-]1)c1ccccc1.CCC(Cc1cc2c(-c3cccc4ccccc34)ccc(-c3cccc4ccccc34)c2[cH-]1)c1ccccc1.C[Si](C)=[Zr+2].[Cl-].[Cl-]. The fourth-order valence-corrected chi connectivity index (χ4v) is 12.8. The van der Waals surface area contributed by atoms with Gasteiger partial charge in [0.25, 0.3) is 0 Å². The summed E-state index contributed by atoms with van der Waals surface area (Å²) in [4.78, 5) is 0. The molecular weight excluding hydrogens is 1150 g/mol. The third-order valence-electron chi connectivity index (χ3n) is 16.7. The van der Waals surface area contributed by atoms with Gasteiger partial charge in [0.1, 0.15) is 0 Å². The van der Waals surface area contributed by atoms with Crippen LogP contribution in [0.3, 0.4) is 0 Å². The fourth-order valence-electron chi connectivity index (χ4n) is 12.8. The van der Waals surface area contributed by atoms with Gasteiger partial charge < -0.3 is 24.8 Å². The minimum atomic E-state index is 0. The summed E-state index contributed by atoms with van der Waals surface area (Å²) >= 11 is 1.74. The Balaban J connectivity index is 0.000000172.